The number of nitrogens with zero attached hydrogens (tertiary/aromatic N) is 1. The van der Waals surface area contributed by atoms with Crippen molar-refractivity contribution in [3.05, 3.63) is 107 Å². The van der Waals surface area contributed by atoms with Gasteiger partial charge in [-0.15, -0.1) is 0 Å². The van der Waals surface area contributed by atoms with Crippen LogP contribution in [-0.2, 0) is 24.3 Å². The maximum absolute atomic E-state index is 5.70. The SMILES string of the molecule is Cc1ccccc1CON=C(Cc1ccccc1)Cc1ccccc1. The third-order valence-corrected chi connectivity index (χ3v) is 4.18. The van der Waals surface area contributed by atoms with Crippen molar-refractivity contribution < 1.29 is 4.84 Å². The van der Waals surface area contributed by atoms with Crippen molar-refractivity contribution in [1.29, 1.82) is 0 Å². The van der Waals surface area contributed by atoms with Gasteiger partial charge in [0.15, 0.2) is 0 Å². The highest BCUT2D eigenvalue weighted by atomic mass is 16.6. The van der Waals surface area contributed by atoms with Crippen molar-refractivity contribution in [2.75, 3.05) is 0 Å². The Morgan fingerprint density at radius 2 is 1.24 bits per heavy atom. The van der Waals surface area contributed by atoms with E-state index in [-0.39, 0.29) is 0 Å². The van der Waals surface area contributed by atoms with E-state index < -0.39 is 0 Å². The summed E-state index contributed by atoms with van der Waals surface area (Å²) in [5.41, 5.74) is 5.93. The van der Waals surface area contributed by atoms with Crippen molar-refractivity contribution in [2.45, 2.75) is 26.4 Å². The van der Waals surface area contributed by atoms with Gasteiger partial charge in [-0.1, -0.05) is 90.1 Å². The van der Waals surface area contributed by atoms with Crippen molar-refractivity contribution in [2.24, 2.45) is 5.16 Å². The minimum absolute atomic E-state index is 0.500. The summed E-state index contributed by atoms with van der Waals surface area (Å²) in [6.07, 6.45) is 1.59. The molecular formula is C23H23NO. The highest BCUT2D eigenvalue weighted by molar-refractivity contribution is 5.88. The Hall–Kier alpha value is -2.87. The van der Waals surface area contributed by atoms with Crippen molar-refractivity contribution in [1.82, 2.24) is 0 Å². The van der Waals surface area contributed by atoms with Gasteiger partial charge in [0.2, 0.25) is 0 Å². The van der Waals surface area contributed by atoms with E-state index in [2.05, 4.69) is 72.7 Å². The molecule has 0 spiro atoms. The molecule has 2 nitrogen and oxygen atoms in total. The van der Waals surface area contributed by atoms with E-state index in [0.29, 0.717) is 6.61 Å². The zero-order chi connectivity index (χ0) is 17.3. The van der Waals surface area contributed by atoms with Gasteiger partial charge in [0, 0.05) is 12.8 Å². The highest BCUT2D eigenvalue weighted by Gasteiger charge is 2.05. The second-order valence-corrected chi connectivity index (χ2v) is 6.18. The molecule has 2 heteroatoms. The Bertz CT molecular complexity index is 766. The lowest BCUT2D eigenvalue weighted by Crippen LogP contribution is -2.08. The topological polar surface area (TPSA) is 21.6 Å². The summed E-state index contributed by atoms with van der Waals surface area (Å²) in [6.45, 7) is 2.59. The van der Waals surface area contributed by atoms with Crippen LogP contribution >= 0.6 is 0 Å². The highest BCUT2D eigenvalue weighted by Crippen LogP contribution is 2.11. The van der Waals surface area contributed by atoms with E-state index in [1.54, 1.807) is 0 Å². The van der Waals surface area contributed by atoms with Crippen molar-refractivity contribution in [3.63, 3.8) is 0 Å². The molecule has 25 heavy (non-hydrogen) atoms. The van der Waals surface area contributed by atoms with E-state index in [0.717, 1.165) is 18.6 Å². The molecule has 0 bridgehead atoms. The average molecular weight is 329 g/mol. The van der Waals surface area contributed by atoms with Gasteiger partial charge < -0.3 is 4.84 Å². The van der Waals surface area contributed by atoms with E-state index in [4.69, 9.17) is 4.84 Å². The van der Waals surface area contributed by atoms with Gasteiger partial charge in [-0.2, -0.15) is 0 Å². The van der Waals surface area contributed by atoms with Gasteiger partial charge in [0.25, 0.3) is 0 Å². The molecule has 0 amide bonds. The average Bonchev–Trinajstić information content (AvgIpc) is 2.65. The Kier molecular flexibility index (Phi) is 6.00. The number of hydrogen-bond donors (Lipinski definition) is 0. The first-order chi connectivity index (χ1) is 12.3. The van der Waals surface area contributed by atoms with Crippen LogP contribution in [0.5, 0.6) is 0 Å². The molecule has 0 aliphatic carbocycles. The molecule has 3 aromatic carbocycles. The first kappa shape index (κ1) is 17.0. The normalized spacial score (nSPS) is 10.3. The quantitative estimate of drug-likeness (QED) is 0.423. The van der Waals surface area contributed by atoms with Gasteiger partial charge in [-0.3, -0.25) is 0 Å². The molecule has 0 saturated carbocycles. The molecule has 0 aliphatic rings. The van der Waals surface area contributed by atoms with E-state index in [1.165, 1.54) is 22.3 Å². The van der Waals surface area contributed by atoms with Crippen LogP contribution in [0.1, 0.15) is 22.3 Å². The Balaban J connectivity index is 1.71. The second kappa shape index (κ2) is 8.84. The molecule has 0 saturated heterocycles. The third-order valence-electron chi connectivity index (χ3n) is 4.18. The van der Waals surface area contributed by atoms with E-state index in [1.807, 2.05) is 24.3 Å². The lowest BCUT2D eigenvalue weighted by molar-refractivity contribution is 0.129. The minimum atomic E-state index is 0.500. The summed E-state index contributed by atoms with van der Waals surface area (Å²) in [6, 6.07) is 29.1. The number of hydrogen-bond acceptors (Lipinski definition) is 2. The fourth-order valence-electron chi connectivity index (χ4n) is 2.76. The Labute approximate surface area is 149 Å². The monoisotopic (exact) mass is 329 g/mol. The number of oxime groups is 1. The molecule has 0 atom stereocenters. The number of rotatable bonds is 7. The molecule has 0 heterocycles. The van der Waals surface area contributed by atoms with Crippen LogP contribution in [0, 0.1) is 6.92 Å². The van der Waals surface area contributed by atoms with Crippen molar-refractivity contribution >= 4 is 5.71 Å². The second-order valence-electron chi connectivity index (χ2n) is 6.18. The van der Waals surface area contributed by atoms with Gasteiger partial charge in [-0.05, 0) is 29.2 Å². The van der Waals surface area contributed by atoms with Crippen LogP contribution < -0.4 is 0 Å². The molecule has 0 radical (unpaired) electrons. The van der Waals surface area contributed by atoms with Crippen LogP contribution in [0.4, 0.5) is 0 Å². The van der Waals surface area contributed by atoms with Crippen LogP contribution in [0.2, 0.25) is 0 Å². The van der Waals surface area contributed by atoms with Crippen LogP contribution in [0.15, 0.2) is 90.1 Å². The zero-order valence-electron chi connectivity index (χ0n) is 14.6. The van der Waals surface area contributed by atoms with Gasteiger partial charge in [-0.25, -0.2) is 0 Å². The molecule has 0 fully saturated rings. The van der Waals surface area contributed by atoms with E-state index in [9.17, 15) is 0 Å². The summed E-state index contributed by atoms with van der Waals surface area (Å²) < 4.78 is 0. The summed E-state index contributed by atoms with van der Waals surface area (Å²) in [5, 5.41) is 4.47. The fourth-order valence-corrected chi connectivity index (χ4v) is 2.76. The summed E-state index contributed by atoms with van der Waals surface area (Å²) >= 11 is 0. The molecule has 0 N–H and O–H groups in total. The van der Waals surface area contributed by atoms with Crippen molar-refractivity contribution in [3.8, 4) is 0 Å². The molecule has 126 valence electrons. The molecular weight excluding hydrogens is 306 g/mol. The van der Waals surface area contributed by atoms with Gasteiger partial charge in [0.05, 0.1) is 5.71 Å². The first-order valence-electron chi connectivity index (χ1n) is 8.61. The van der Waals surface area contributed by atoms with Crippen LogP contribution in [-0.4, -0.2) is 5.71 Å². The Morgan fingerprint density at radius 1 is 0.720 bits per heavy atom. The molecule has 0 unspecified atom stereocenters. The number of aryl methyl sites for hydroxylation is 1. The maximum atomic E-state index is 5.70. The molecule has 0 aromatic heterocycles. The van der Waals surface area contributed by atoms with Gasteiger partial charge in [0.1, 0.15) is 6.61 Å². The summed E-state index contributed by atoms with van der Waals surface area (Å²) in [7, 11) is 0. The maximum Gasteiger partial charge on any atom is 0.142 e. The van der Waals surface area contributed by atoms with Crippen LogP contribution in [0.3, 0.4) is 0 Å². The van der Waals surface area contributed by atoms with E-state index >= 15 is 0 Å². The lowest BCUT2D eigenvalue weighted by atomic mass is 10.0. The predicted molar refractivity (Wildman–Crippen MR) is 104 cm³/mol. The molecule has 3 aromatic rings. The van der Waals surface area contributed by atoms with Gasteiger partial charge >= 0.3 is 0 Å². The number of benzene rings is 3. The third kappa shape index (κ3) is 5.32. The smallest absolute Gasteiger partial charge is 0.142 e. The lowest BCUT2D eigenvalue weighted by Gasteiger charge is -2.09. The summed E-state index contributed by atoms with van der Waals surface area (Å²) in [4.78, 5) is 5.70. The fraction of sp³-hybridized carbons (Fsp3) is 0.174. The molecule has 3 rings (SSSR count). The largest absolute Gasteiger partial charge is 0.391 e. The summed E-state index contributed by atoms with van der Waals surface area (Å²) in [5.74, 6) is 0. The minimum Gasteiger partial charge on any atom is -0.391 e. The standard InChI is InChI=1S/C23H23NO/c1-19-10-8-9-15-22(19)18-25-24-23(16-20-11-4-2-5-12-20)17-21-13-6-3-7-14-21/h2-15H,16-18H2,1H3. The predicted octanol–water partition coefficient (Wildman–Crippen LogP) is 5.35. The first-order valence-corrected chi connectivity index (χ1v) is 8.61. The Morgan fingerprint density at radius 3 is 1.80 bits per heavy atom. The zero-order valence-corrected chi connectivity index (χ0v) is 14.6. The van der Waals surface area contributed by atoms with Crippen LogP contribution in [0.25, 0.3) is 0 Å². The molecule has 0 aliphatic heterocycles.